The van der Waals surface area contributed by atoms with E-state index in [1.165, 1.54) is 6.92 Å². The van der Waals surface area contributed by atoms with E-state index >= 15 is 0 Å². The van der Waals surface area contributed by atoms with Crippen molar-refractivity contribution in [2.24, 2.45) is 0 Å². The summed E-state index contributed by atoms with van der Waals surface area (Å²) in [5.41, 5.74) is 0.842. The van der Waals surface area contributed by atoms with E-state index in [-0.39, 0.29) is 12.1 Å². The molecule has 0 radical (unpaired) electrons. The van der Waals surface area contributed by atoms with Gasteiger partial charge in [0.25, 0.3) is 0 Å². The zero-order valence-corrected chi connectivity index (χ0v) is 10.6. The molecule has 1 atom stereocenters. The molecule has 1 aromatic carbocycles. The largest absolute Gasteiger partial charge is 0.489 e. The van der Waals surface area contributed by atoms with E-state index in [1.807, 2.05) is 24.3 Å². The Kier molecular flexibility index (Phi) is 5.71. The van der Waals surface area contributed by atoms with Gasteiger partial charge in [-0.15, -0.1) is 6.58 Å². The highest BCUT2D eigenvalue weighted by molar-refractivity contribution is 5.66. The van der Waals surface area contributed by atoms with Crippen LogP contribution in [0.15, 0.2) is 49.6 Å². The van der Waals surface area contributed by atoms with Gasteiger partial charge in [0, 0.05) is 18.9 Å². The molecular formula is C15H18O3. The van der Waals surface area contributed by atoms with Gasteiger partial charge in [-0.1, -0.05) is 36.9 Å². The third-order valence-corrected chi connectivity index (χ3v) is 2.31. The highest BCUT2D eigenvalue weighted by atomic mass is 16.5. The maximum absolute atomic E-state index is 11.1. The zero-order valence-electron chi connectivity index (χ0n) is 10.6. The lowest BCUT2D eigenvalue weighted by Crippen LogP contribution is -2.09. The van der Waals surface area contributed by atoms with Crippen molar-refractivity contribution in [1.29, 1.82) is 0 Å². The van der Waals surface area contributed by atoms with E-state index in [1.54, 1.807) is 12.2 Å². The Morgan fingerprint density at radius 3 is 2.67 bits per heavy atom. The molecule has 0 bridgehead atoms. The molecule has 1 rings (SSSR count). The molecule has 0 fully saturated rings. The van der Waals surface area contributed by atoms with Gasteiger partial charge in [0.1, 0.15) is 18.5 Å². The fourth-order valence-corrected chi connectivity index (χ4v) is 1.62. The Bertz CT molecular complexity index is 424. The number of para-hydroxylation sites is 1. The minimum Gasteiger partial charge on any atom is -0.489 e. The summed E-state index contributed by atoms with van der Waals surface area (Å²) in [6, 6.07) is 7.49. The van der Waals surface area contributed by atoms with E-state index in [0.29, 0.717) is 18.8 Å². The zero-order chi connectivity index (χ0) is 13.4. The molecule has 0 aromatic heterocycles. The minimum atomic E-state index is -0.360. The molecule has 3 nitrogen and oxygen atoms in total. The molecule has 0 aliphatic carbocycles. The predicted molar refractivity (Wildman–Crippen MR) is 71.5 cm³/mol. The minimum absolute atomic E-state index is 0.319. The molecule has 0 saturated heterocycles. The number of benzene rings is 1. The molecule has 18 heavy (non-hydrogen) atoms. The van der Waals surface area contributed by atoms with Crippen LogP contribution in [0.1, 0.15) is 25.0 Å². The van der Waals surface area contributed by atoms with E-state index < -0.39 is 0 Å². The summed E-state index contributed by atoms with van der Waals surface area (Å²) in [5.74, 6) is 0.380. The molecule has 0 saturated carbocycles. The number of hydrogen-bond acceptors (Lipinski definition) is 3. The van der Waals surface area contributed by atoms with Crippen LogP contribution in [0.4, 0.5) is 0 Å². The van der Waals surface area contributed by atoms with Crippen LogP contribution in [0.25, 0.3) is 0 Å². The quantitative estimate of drug-likeness (QED) is 0.546. The highest BCUT2D eigenvalue weighted by Crippen LogP contribution is 2.30. The van der Waals surface area contributed by atoms with Crippen LogP contribution in [0.5, 0.6) is 5.75 Å². The second-order valence-corrected chi connectivity index (χ2v) is 3.76. The molecule has 1 aromatic rings. The van der Waals surface area contributed by atoms with Gasteiger partial charge >= 0.3 is 5.97 Å². The van der Waals surface area contributed by atoms with Gasteiger partial charge in [0.2, 0.25) is 0 Å². The smallest absolute Gasteiger partial charge is 0.303 e. The summed E-state index contributed by atoms with van der Waals surface area (Å²) in [4.78, 5) is 11.1. The first-order valence-electron chi connectivity index (χ1n) is 5.79. The van der Waals surface area contributed by atoms with Gasteiger partial charge in [-0.25, -0.2) is 0 Å². The molecule has 96 valence electrons. The van der Waals surface area contributed by atoms with Crippen molar-refractivity contribution >= 4 is 5.97 Å². The number of carbonyl (C=O) groups is 1. The van der Waals surface area contributed by atoms with Gasteiger partial charge in [-0.05, 0) is 6.07 Å². The monoisotopic (exact) mass is 246 g/mol. The van der Waals surface area contributed by atoms with Gasteiger partial charge in [0.15, 0.2) is 0 Å². The van der Waals surface area contributed by atoms with Crippen LogP contribution in [-0.4, -0.2) is 12.6 Å². The molecular weight excluding hydrogens is 228 g/mol. The van der Waals surface area contributed by atoms with Crippen molar-refractivity contribution in [3.63, 3.8) is 0 Å². The molecule has 0 aliphatic rings. The Morgan fingerprint density at radius 2 is 2.06 bits per heavy atom. The third kappa shape index (κ3) is 4.09. The number of rotatable bonds is 7. The first-order valence-corrected chi connectivity index (χ1v) is 5.79. The lowest BCUT2D eigenvalue weighted by atomic mass is 10.1. The fraction of sp³-hybridized carbons (Fsp3) is 0.267. The standard InChI is InChI=1S/C15H18O3/c1-4-8-15(18-12(3)16)13-9-6-7-10-14(13)17-11-5-2/h4-7,9-10,15H,1-2,8,11H2,3H3/t15-/m1/s1. The van der Waals surface area contributed by atoms with Crippen molar-refractivity contribution in [2.75, 3.05) is 6.61 Å². The SMILES string of the molecule is C=CCOc1ccccc1[C@@H](CC=C)OC(C)=O. The fourth-order valence-electron chi connectivity index (χ4n) is 1.62. The third-order valence-electron chi connectivity index (χ3n) is 2.31. The van der Waals surface area contributed by atoms with Crippen molar-refractivity contribution in [3.8, 4) is 5.75 Å². The van der Waals surface area contributed by atoms with Gasteiger partial charge < -0.3 is 9.47 Å². The van der Waals surface area contributed by atoms with Crippen molar-refractivity contribution < 1.29 is 14.3 Å². The van der Waals surface area contributed by atoms with Gasteiger partial charge in [-0.2, -0.15) is 0 Å². The van der Waals surface area contributed by atoms with Gasteiger partial charge in [0.05, 0.1) is 0 Å². The van der Waals surface area contributed by atoms with E-state index in [2.05, 4.69) is 13.2 Å². The highest BCUT2D eigenvalue weighted by Gasteiger charge is 2.17. The summed E-state index contributed by atoms with van der Waals surface area (Å²) < 4.78 is 10.8. The summed E-state index contributed by atoms with van der Waals surface area (Å²) in [6.07, 6.45) is 3.58. The summed E-state index contributed by atoms with van der Waals surface area (Å²) in [7, 11) is 0. The molecule has 0 N–H and O–H groups in total. The molecule has 3 heteroatoms. The van der Waals surface area contributed by atoms with Crippen LogP contribution < -0.4 is 4.74 Å². The predicted octanol–water partition coefficient (Wildman–Crippen LogP) is 3.43. The average molecular weight is 246 g/mol. The summed E-state index contributed by atoms with van der Waals surface area (Å²) >= 11 is 0. The van der Waals surface area contributed by atoms with Crippen LogP contribution in [0.2, 0.25) is 0 Å². The molecule has 0 amide bonds. The van der Waals surface area contributed by atoms with Crippen LogP contribution in [0.3, 0.4) is 0 Å². The second-order valence-electron chi connectivity index (χ2n) is 3.76. The first-order chi connectivity index (χ1) is 8.69. The van der Waals surface area contributed by atoms with E-state index in [0.717, 1.165) is 5.56 Å². The Balaban J connectivity index is 2.97. The van der Waals surface area contributed by atoms with Crippen molar-refractivity contribution in [1.82, 2.24) is 0 Å². The number of esters is 1. The molecule has 0 unspecified atom stereocenters. The lowest BCUT2D eigenvalue weighted by molar-refractivity contribution is -0.146. The number of carbonyl (C=O) groups excluding carboxylic acids is 1. The second kappa shape index (κ2) is 7.33. The summed E-state index contributed by atoms with van der Waals surface area (Å²) in [5, 5.41) is 0. The average Bonchev–Trinajstić information content (AvgIpc) is 2.36. The molecule has 0 aliphatic heterocycles. The molecule has 0 spiro atoms. The molecule has 0 heterocycles. The maximum Gasteiger partial charge on any atom is 0.303 e. The lowest BCUT2D eigenvalue weighted by Gasteiger charge is -2.19. The number of hydrogen-bond donors (Lipinski definition) is 0. The Labute approximate surface area is 108 Å². The van der Waals surface area contributed by atoms with Crippen molar-refractivity contribution in [2.45, 2.75) is 19.4 Å². The van der Waals surface area contributed by atoms with Crippen LogP contribution >= 0.6 is 0 Å². The summed E-state index contributed by atoms with van der Waals surface area (Å²) in [6.45, 7) is 9.09. The maximum atomic E-state index is 11.1. The van der Waals surface area contributed by atoms with Crippen LogP contribution in [0, 0.1) is 0 Å². The first kappa shape index (κ1) is 14.0. The normalized spacial score (nSPS) is 11.4. The van der Waals surface area contributed by atoms with E-state index in [4.69, 9.17) is 9.47 Å². The van der Waals surface area contributed by atoms with Crippen molar-refractivity contribution in [3.05, 3.63) is 55.1 Å². The van der Waals surface area contributed by atoms with Gasteiger partial charge in [-0.3, -0.25) is 4.79 Å². The Hall–Kier alpha value is -2.03. The Morgan fingerprint density at radius 1 is 1.33 bits per heavy atom. The van der Waals surface area contributed by atoms with Crippen LogP contribution in [-0.2, 0) is 9.53 Å². The topological polar surface area (TPSA) is 35.5 Å². The van der Waals surface area contributed by atoms with E-state index in [9.17, 15) is 4.79 Å². The number of ether oxygens (including phenoxy) is 2.